The third-order valence-corrected chi connectivity index (χ3v) is 5.47. The fourth-order valence-electron chi connectivity index (χ4n) is 2.05. The molecule has 0 aromatic heterocycles. The minimum Gasteiger partial charge on any atom is -0.483 e. The quantitative estimate of drug-likeness (QED) is 0.538. The zero-order valence-corrected chi connectivity index (χ0v) is 13.8. The van der Waals surface area contributed by atoms with Gasteiger partial charge in [0.2, 0.25) is 0 Å². The molecule has 0 aliphatic heterocycles. The number of benzene rings is 1. The maximum Gasteiger partial charge on any atom is 0.307 e. The average molecular weight is 378 g/mol. The Labute approximate surface area is 140 Å². The van der Waals surface area contributed by atoms with Gasteiger partial charge < -0.3 is 9.84 Å². The van der Waals surface area contributed by atoms with Crippen LogP contribution in [0.4, 0.5) is 0 Å². The van der Waals surface area contributed by atoms with Gasteiger partial charge in [-0.25, -0.2) is 0 Å². The number of hydrogen-bond acceptors (Lipinski definition) is 2. The average Bonchev–Trinajstić information content (AvgIpc) is 2.35. The van der Waals surface area contributed by atoms with E-state index >= 15 is 0 Å². The second kappa shape index (κ2) is 5.98. The fourth-order valence-corrected chi connectivity index (χ4v) is 3.25. The van der Waals surface area contributed by atoms with Crippen LogP contribution >= 0.6 is 58.0 Å². The standard InChI is InChI=1S/C12H9Cl5O3/c13-6-7(14)9(16)11(10(17)8(6)15)20-12(2-1-3-12)4-5(18)19/h1-4H2,(H,18,19). The van der Waals surface area contributed by atoms with Crippen molar-refractivity contribution in [1.82, 2.24) is 0 Å². The summed E-state index contributed by atoms with van der Waals surface area (Å²) in [5.74, 6) is -0.878. The number of rotatable bonds is 4. The van der Waals surface area contributed by atoms with Crippen LogP contribution in [0, 0.1) is 0 Å². The predicted octanol–water partition coefficient (Wildman–Crippen LogP) is 5.73. The second-order valence-electron chi connectivity index (χ2n) is 4.61. The van der Waals surface area contributed by atoms with Gasteiger partial charge >= 0.3 is 5.97 Å². The van der Waals surface area contributed by atoms with Crippen LogP contribution in [-0.2, 0) is 4.79 Å². The van der Waals surface area contributed by atoms with Crippen molar-refractivity contribution in [3.05, 3.63) is 25.1 Å². The van der Waals surface area contributed by atoms with E-state index < -0.39 is 11.6 Å². The molecular formula is C12H9Cl5O3. The molecule has 1 aliphatic carbocycles. The highest BCUT2D eigenvalue weighted by Crippen LogP contribution is 2.51. The van der Waals surface area contributed by atoms with Gasteiger partial charge in [-0.2, -0.15) is 0 Å². The van der Waals surface area contributed by atoms with Gasteiger partial charge in [-0.05, 0) is 19.3 Å². The third-order valence-electron chi connectivity index (χ3n) is 3.23. The molecule has 0 bridgehead atoms. The summed E-state index contributed by atoms with van der Waals surface area (Å²) in [6.45, 7) is 0. The van der Waals surface area contributed by atoms with Gasteiger partial charge in [0.1, 0.15) is 15.6 Å². The summed E-state index contributed by atoms with van der Waals surface area (Å²) in [7, 11) is 0. The Morgan fingerprint density at radius 2 is 1.45 bits per heavy atom. The van der Waals surface area contributed by atoms with Crippen LogP contribution in [0.15, 0.2) is 0 Å². The fraction of sp³-hybridized carbons (Fsp3) is 0.417. The van der Waals surface area contributed by atoms with Crippen LogP contribution in [-0.4, -0.2) is 16.7 Å². The number of carboxylic acids is 1. The molecule has 1 saturated carbocycles. The molecule has 1 N–H and O–H groups in total. The lowest BCUT2D eigenvalue weighted by Crippen LogP contribution is -2.45. The number of ether oxygens (including phenoxy) is 1. The maximum atomic E-state index is 10.9. The first-order valence-corrected chi connectivity index (χ1v) is 7.58. The Kier molecular flexibility index (Phi) is 4.87. The molecule has 0 heterocycles. The van der Waals surface area contributed by atoms with Crippen molar-refractivity contribution >= 4 is 64.0 Å². The van der Waals surface area contributed by atoms with E-state index in [-0.39, 0.29) is 37.3 Å². The molecule has 3 nitrogen and oxygen atoms in total. The SMILES string of the molecule is O=C(O)CC1(Oc2c(Cl)c(Cl)c(Cl)c(Cl)c2Cl)CCC1. The summed E-state index contributed by atoms with van der Waals surface area (Å²) >= 11 is 29.9. The summed E-state index contributed by atoms with van der Waals surface area (Å²) in [6, 6.07) is 0. The number of carboxylic acid groups (broad SMARTS) is 1. The largest absolute Gasteiger partial charge is 0.483 e. The lowest BCUT2D eigenvalue weighted by molar-refractivity contribution is -0.144. The molecular weight excluding hydrogens is 369 g/mol. The van der Waals surface area contributed by atoms with Crippen molar-refractivity contribution in [2.75, 3.05) is 0 Å². The molecule has 1 fully saturated rings. The van der Waals surface area contributed by atoms with Crippen molar-refractivity contribution in [3.8, 4) is 5.75 Å². The van der Waals surface area contributed by atoms with Crippen LogP contribution < -0.4 is 4.74 Å². The van der Waals surface area contributed by atoms with E-state index in [2.05, 4.69) is 0 Å². The van der Waals surface area contributed by atoms with Crippen LogP contribution in [0.5, 0.6) is 5.75 Å². The van der Waals surface area contributed by atoms with E-state index in [4.69, 9.17) is 67.8 Å². The number of aliphatic carboxylic acids is 1. The van der Waals surface area contributed by atoms with E-state index in [0.29, 0.717) is 12.8 Å². The Morgan fingerprint density at radius 3 is 1.80 bits per heavy atom. The first-order valence-electron chi connectivity index (χ1n) is 5.70. The minimum absolute atomic E-state index is 0.0301. The molecule has 20 heavy (non-hydrogen) atoms. The van der Waals surface area contributed by atoms with Gasteiger partial charge in [0.05, 0.1) is 21.5 Å². The summed E-state index contributed by atoms with van der Waals surface area (Å²) in [5, 5.41) is 9.12. The van der Waals surface area contributed by atoms with Crippen LogP contribution in [0.1, 0.15) is 25.7 Å². The van der Waals surface area contributed by atoms with E-state index in [1.165, 1.54) is 0 Å². The zero-order chi connectivity index (χ0) is 15.1. The first-order chi connectivity index (χ1) is 9.27. The van der Waals surface area contributed by atoms with E-state index in [1.807, 2.05) is 0 Å². The lowest BCUT2D eigenvalue weighted by atomic mass is 9.77. The molecule has 0 unspecified atom stereocenters. The number of carbonyl (C=O) groups is 1. The Morgan fingerprint density at radius 1 is 1.00 bits per heavy atom. The highest BCUT2D eigenvalue weighted by atomic mass is 35.5. The minimum atomic E-state index is -0.955. The molecule has 0 radical (unpaired) electrons. The second-order valence-corrected chi connectivity index (χ2v) is 6.50. The van der Waals surface area contributed by atoms with Gasteiger partial charge in [-0.15, -0.1) is 0 Å². The molecule has 0 spiro atoms. The third kappa shape index (κ3) is 2.93. The highest BCUT2D eigenvalue weighted by Gasteiger charge is 2.43. The highest BCUT2D eigenvalue weighted by molar-refractivity contribution is 6.55. The zero-order valence-electron chi connectivity index (χ0n) is 9.98. The molecule has 0 atom stereocenters. The van der Waals surface area contributed by atoms with Crippen LogP contribution in [0.3, 0.4) is 0 Å². The molecule has 8 heteroatoms. The first kappa shape index (κ1) is 16.3. The lowest BCUT2D eigenvalue weighted by Gasteiger charge is -2.41. The van der Waals surface area contributed by atoms with Gasteiger partial charge in [0.25, 0.3) is 0 Å². The van der Waals surface area contributed by atoms with Crippen LogP contribution in [0.2, 0.25) is 25.1 Å². The molecule has 0 saturated heterocycles. The van der Waals surface area contributed by atoms with Crippen molar-refractivity contribution in [3.63, 3.8) is 0 Å². The van der Waals surface area contributed by atoms with Gasteiger partial charge in [-0.3, -0.25) is 4.79 Å². The van der Waals surface area contributed by atoms with Gasteiger partial charge in [0, 0.05) is 0 Å². The Hall–Kier alpha value is -0.0600. The molecule has 1 aromatic rings. The van der Waals surface area contributed by atoms with E-state index in [9.17, 15) is 4.79 Å². The predicted molar refractivity (Wildman–Crippen MR) is 81.0 cm³/mol. The summed E-state index contributed by atoms with van der Waals surface area (Å²) < 4.78 is 5.75. The Bertz CT molecular complexity index is 540. The van der Waals surface area contributed by atoms with Crippen molar-refractivity contribution in [1.29, 1.82) is 0 Å². The van der Waals surface area contributed by atoms with Crippen LogP contribution in [0.25, 0.3) is 0 Å². The normalized spacial score (nSPS) is 16.6. The molecule has 1 aromatic carbocycles. The molecule has 110 valence electrons. The topological polar surface area (TPSA) is 46.5 Å². The van der Waals surface area contributed by atoms with E-state index in [1.54, 1.807) is 0 Å². The number of halogens is 5. The molecule has 2 rings (SSSR count). The molecule has 1 aliphatic rings. The number of hydrogen-bond donors (Lipinski definition) is 1. The summed E-state index contributed by atoms with van der Waals surface area (Å²) in [5.41, 5.74) is -0.820. The van der Waals surface area contributed by atoms with Gasteiger partial charge in [-0.1, -0.05) is 58.0 Å². The van der Waals surface area contributed by atoms with Gasteiger partial charge in [0.15, 0.2) is 5.75 Å². The maximum absolute atomic E-state index is 10.9. The smallest absolute Gasteiger partial charge is 0.307 e. The summed E-state index contributed by atoms with van der Waals surface area (Å²) in [4.78, 5) is 10.9. The van der Waals surface area contributed by atoms with E-state index in [0.717, 1.165) is 6.42 Å². The van der Waals surface area contributed by atoms with Crippen molar-refractivity contribution in [2.24, 2.45) is 0 Å². The van der Waals surface area contributed by atoms with Crippen molar-refractivity contribution < 1.29 is 14.6 Å². The summed E-state index contributed by atoms with van der Waals surface area (Å²) in [6.07, 6.45) is 1.93. The molecule has 0 amide bonds. The van der Waals surface area contributed by atoms with Crippen molar-refractivity contribution in [2.45, 2.75) is 31.3 Å². The Balaban J connectivity index is 2.41. The monoisotopic (exact) mass is 376 g/mol.